The van der Waals surface area contributed by atoms with E-state index in [4.69, 9.17) is 0 Å². The molecule has 0 aliphatic rings. The van der Waals surface area contributed by atoms with Crippen molar-refractivity contribution in [3.8, 4) is 0 Å². The van der Waals surface area contributed by atoms with Gasteiger partial charge < -0.3 is 5.32 Å². The van der Waals surface area contributed by atoms with E-state index in [1.165, 1.54) is 0 Å². The average Bonchev–Trinajstić information content (AvgIpc) is 1.83. The van der Waals surface area contributed by atoms with Crippen LogP contribution in [0.4, 0.5) is 3.89 Å². The molecule has 0 aromatic rings. The van der Waals surface area contributed by atoms with Crippen LogP contribution in [0.5, 0.6) is 0 Å². The van der Waals surface area contributed by atoms with E-state index in [0.717, 1.165) is 0 Å². The second-order valence-corrected chi connectivity index (χ2v) is 4.61. The van der Waals surface area contributed by atoms with Gasteiger partial charge in [0.15, 0.2) is 0 Å². The Labute approximate surface area is 67.2 Å². The van der Waals surface area contributed by atoms with Crippen LogP contribution in [0, 0.1) is 0 Å². The highest BCUT2D eigenvalue weighted by Crippen LogP contribution is 2.09. The van der Waals surface area contributed by atoms with Crippen LogP contribution in [0.2, 0.25) is 0 Å². The highest BCUT2D eigenvalue weighted by Gasteiger charge is 2.18. The van der Waals surface area contributed by atoms with Gasteiger partial charge in [-0.25, -0.2) is 0 Å². The van der Waals surface area contributed by atoms with Gasteiger partial charge in [0.2, 0.25) is 0 Å². The summed E-state index contributed by atoms with van der Waals surface area (Å²) >= 11 is 0. The lowest BCUT2D eigenvalue weighted by molar-refractivity contribution is 0.407. The van der Waals surface area contributed by atoms with E-state index in [9.17, 15) is 12.3 Å². The van der Waals surface area contributed by atoms with Crippen LogP contribution < -0.4 is 5.32 Å². The Morgan fingerprint density at radius 2 is 1.91 bits per heavy atom. The van der Waals surface area contributed by atoms with Crippen molar-refractivity contribution in [3.05, 3.63) is 0 Å². The van der Waals surface area contributed by atoms with Crippen molar-refractivity contribution in [2.45, 2.75) is 25.8 Å². The number of nitrogens with one attached hydrogen (secondary N) is 1. The highest BCUT2D eigenvalue weighted by molar-refractivity contribution is 7.86. The Hall–Kier alpha value is -0.160. The van der Waals surface area contributed by atoms with E-state index in [1.54, 1.807) is 7.05 Å². The van der Waals surface area contributed by atoms with Crippen molar-refractivity contribution in [3.63, 3.8) is 0 Å². The summed E-state index contributed by atoms with van der Waals surface area (Å²) in [6, 6.07) is 0. The summed E-state index contributed by atoms with van der Waals surface area (Å²) in [6.07, 6.45) is 0.280. The Kier molecular flexibility index (Phi) is 3.44. The van der Waals surface area contributed by atoms with Gasteiger partial charge in [-0.15, -0.1) is 3.89 Å². The van der Waals surface area contributed by atoms with Crippen LogP contribution in [0.25, 0.3) is 0 Å². The third kappa shape index (κ3) is 6.25. The SMILES string of the molecule is CNC(C)(C)CCS(=O)(=O)F. The number of hydrogen-bond donors (Lipinski definition) is 1. The summed E-state index contributed by atoms with van der Waals surface area (Å²) in [5.41, 5.74) is -0.320. The van der Waals surface area contributed by atoms with E-state index < -0.39 is 16.0 Å². The fraction of sp³-hybridized carbons (Fsp3) is 1.00. The normalized spacial score (nSPS) is 13.5. The Balaban J connectivity index is 3.90. The highest BCUT2D eigenvalue weighted by atomic mass is 32.3. The minimum absolute atomic E-state index is 0.280. The third-order valence-electron chi connectivity index (χ3n) is 1.65. The maximum atomic E-state index is 12.0. The van der Waals surface area contributed by atoms with Crippen LogP contribution in [0.15, 0.2) is 0 Å². The molecule has 0 aromatic carbocycles. The van der Waals surface area contributed by atoms with E-state index >= 15 is 0 Å². The second-order valence-electron chi connectivity index (χ2n) is 3.13. The molecule has 0 aliphatic heterocycles. The van der Waals surface area contributed by atoms with Gasteiger partial charge in [-0.3, -0.25) is 0 Å². The van der Waals surface area contributed by atoms with E-state index in [0.29, 0.717) is 0 Å². The molecule has 0 amide bonds. The number of hydrogen-bond acceptors (Lipinski definition) is 3. The minimum Gasteiger partial charge on any atom is -0.315 e. The minimum atomic E-state index is -4.31. The Morgan fingerprint density at radius 3 is 2.18 bits per heavy atom. The van der Waals surface area contributed by atoms with Gasteiger partial charge in [-0.1, -0.05) is 0 Å². The molecule has 0 saturated carbocycles. The summed E-state index contributed by atoms with van der Waals surface area (Å²) in [6.45, 7) is 3.64. The second kappa shape index (κ2) is 3.49. The molecule has 0 unspecified atom stereocenters. The van der Waals surface area contributed by atoms with Crippen LogP contribution in [0.3, 0.4) is 0 Å². The predicted molar refractivity (Wildman–Crippen MR) is 42.7 cm³/mol. The molecule has 0 aromatic heterocycles. The van der Waals surface area contributed by atoms with Crippen molar-refractivity contribution in [2.24, 2.45) is 0 Å². The molecule has 0 fully saturated rings. The summed E-state index contributed by atoms with van der Waals surface area (Å²) in [7, 11) is -2.59. The molecule has 68 valence electrons. The molecule has 0 aliphatic carbocycles. The zero-order valence-corrected chi connectivity index (χ0v) is 7.83. The quantitative estimate of drug-likeness (QED) is 0.652. The fourth-order valence-electron chi connectivity index (χ4n) is 0.502. The maximum absolute atomic E-state index is 12.0. The lowest BCUT2D eigenvalue weighted by Gasteiger charge is -2.22. The average molecular weight is 183 g/mol. The maximum Gasteiger partial charge on any atom is 0.302 e. The van der Waals surface area contributed by atoms with Gasteiger partial charge in [0, 0.05) is 5.54 Å². The zero-order valence-electron chi connectivity index (χ0n) is 7.02. The molecule has 11 heavy (non-hydrogen) atoms. The monoisotopic (exact) mass is 183 g/mol. The first-order valence-electron chi connectivity index (χ1n) is 3.38. The van der Waals surface area contributed by atoms with Crippen LogP contribution >= 0.6 is 0 Å². The first-order chi connectivity index (χ1) is 4.77. The third-order valence-corrected chi connectivity index (χ3v) is 2.34. The van der Waals surface area contributed by atoms with Crippen molar-refractivity contribution in [1.82, 2.24) is 5.32 Å². The topological polar surface area (TPSA) is 46.2 Å². The molecule has 0 rings (SSSR count). The van der Waals surface area contributed by atoms with Gasteiger partial charge in [-0.05, 0) is 27.3 Å². The molecule has 0 atom stereocenters. The molecule has 0 spiro atoms. The molecule has 3 nitrogen and oxygen atoms in total. The lowest BCUT2D eigenvalue weighted by atomic mass is 10.0. The summed E-state index contributed by atoms with van der Waals surface area (Å²) in [4.78, 5) is 0. The van der Waals surface area contributed by atoms with E-state index in [2.05, 4.69) is 5.32 Å². The summed E-state index contributed by atoms with van der Waals surface area (Å²) in [5, 5.41) is 2.88. The van der Waals surface area contributed by atoms with Crippen molar-refractivity contribution >= 4 is 10.2 Å². The van der Waals surface area contributed by atoms with Crippen molar-refractivity contribution < 1.29 is 12.3 Å². The molecule has 5 heteroatoms. The standard InChI is InChI=1S/C6H14FNO2S/c1-6(2,8-3)4-5-11(7,9)10/h8H,4-5H2,1-3H3. The largest absolute Gasteiger partial charge is 0.315 e. The number of rotatable bonds is 4. The fourth-order valence-corrected chi connectivity index (χ4v) is 1.26. The predicted octanol–water partition coefficient (Wildman–Crippen LogP) is 0.674. The molecule has 0 radical (unpaired) electrons. The van der Waals surface area contributed by atoms with Crippen LogP contribution in [-0.4, -0.2) is 26.8 Å². The first kappa shape index (κ1) is 10.8. The molecule has 1 N–H and O–H groups in total. The number of halogens is 1. The van der Waals surface area contributed by atoms with Gasteiger partial charge in [0.05, 0.1) is 5.75 Å². The molecule has 0 heterocycles. The molecule has 0 saturated heterocycles. The van der Waals surface area contributed by atoms with Crippen molar-refractivity contribution in [2.75, 3.05) is 12.8 Å². The van der Waals surface area contributed by atoms with Gasteiger partial charge in [0.25, 0.3) is 0 Å². The van der Waals surface area contributed by atoms with Crippen LogP contribution in [-0.2, 0) is 10.2 Å². The first-order valence-corrected chi connectivity index (χ1v) is 4.93. The van der Waals surface area contributed by atoms with Gasteiger partial charge in [0.1, 0.15) is 0 Å². The smallest absolute Gasteiger partial charge is 0.302 e. The molecular weight excluding hydrogens is 169 g/mol. The lowest BCUT2D eigenvalue weighted by Crippen LogP contribution is -2.37. The van der Waals surface area contributed by atoms with E-state index in [-0.39, 0.29) is 12.0 Å². The Morgan fingerprint density at radius 1 is 1.45 bits per heavy atom. The molecule has 0 bridgehead atoms. The van der Waals surface area contributed by atoms with Crippen LogP contribution in [0.1, 0.15) is 20.3 Å². The van der Waals surface area contributed by atoms with Crippen molar-refractivity contribution in [1.29, 1.82) is 0 Å². The Bertz CT molecular complexity index is 211. The van der Waals surface area contributed by atoms with E-state index in [1.807, 2.05) is 13.8 Å². The molecular formula is C6H14FNO2S. The summed E-state index contributed by atoms with van der Waals surface area (Å²) < 4.78 is 32.2. The van der Waals surface area contributed by atoms with Gasteiger partial charge >= 0.3 is 10.2 Å². The van der Waals surface area contributed by atoms with Gasteiger partial charge in [-0.2, -0.15) is 8.42 Å². The summed E-state index contributed by atoms with van der Waals surface area (Å²) in [5.74, 6) is -0.416. The zero-order chi connectivity index (χ0) is 9.12.